The molecule has 0 radical (unpaired) electrons. The van der Waals surface area contributed by atoms with Gasteiger partial charge < -0.3 is 4.90 Å². The predicted octanol–water partition coefficient (Wildman–Crippen LogP) is 3.10. The molecule has 1 rings (SSSR count). The van der Waals surface area contributed by atoms with Crippen LogP contribution in [0.3, 0.4) is 0 Å². The monoisotopic (exact) mass is 247 g/mol. The van der Waals surface area contributed by atoms with Crippen LogP contribution in [-0.2, 0) is 0 Å². The first-order chi connectivity index (χ1) is 7.51. The smallest absolute Gasteiger partial charge is 0.255 e. The van der Waals surface area contributed by atoms with Crippen LogP contribution in [0.15, 0.2) is 12.1 Å². The van der Waals surface area contributed by atoms with Crippen LogP contribution in [0.5, 0.6) is 0 Å². The molecule has 88 valence electrons. The Balaban J connectivity index is 3.13. The summed E-state index contributed by atoms with van der Waals surface area (Å²) in [5.74, 6) is -2.52. The van der Waals surface area contributed by atoms with E-state index < -0.39 is 17.5 Å². The molecule has 0 aliphatic heterocycles. The van der Waals surface area contributed by atoms with Crippen molar-refractivity contribution in [3.63, 3.8) is 0 Å². The molecule has 0 heterocycles. The van der Waals surface area contributed by atoms with Crippen LogP contribution >= 0.6 is 11.6 Å². The molecular weight excluding hydrogens is 236 g/mol. The van der Waals surface area contributed by atoms with E-state index in [0.717, 1.165) is 12.1 Å². The maximum atomic E-state index is 13.0. The molecule has 0 aromatic heterocycles. The largest absolute Gasteiger partial charge is 0.339 e. The predicted molar refractivity (Wildman–Crippen MR) is 58.6 cm³/mol. The van der Waals surface area contributed by atoms with E-state index in [-0.39, 0.29) is 10.6 Å². The Bertz CT molecular complexity index is 405. The highest BCUT2D eigenvalue weighted by Gasteiger charge is 2.18. The van der Waals surface area contributed by atoms with Gasteiger partial charge in [-0.1, -0.05) is 11.6 Å². The summed E-state index contributed by atoms with van der Waals surface area (Å²) in [5, 5.41) is -0.0733. The first-order valence-electron chi connectivity index (χ1n) is 4.95. The van der Waals surface area contributed by atoms with E-state index in [1.807, 2.05) is 0 Å². The van der Waals surface area contributed by atoms with Crippen molar-refractivity contribution in [1.29, 1.82) is 0 Å². The van der Waals surface area contributed by atoms with Crippen LogP contribution in [0.25, 0.3) is 0 Å². The van der Waals surface area contributed by atoms with Crippen molar-refractivity contribution in [2.45, 2.75) is 13.8 Å². The molecule has 0 aliphatic rings. The topological polar surface area (TPSA) is 20.3 Å². The minimum absolute atomic E-state index is 0.00994. The fraction of sp³-hybridized carbons (Fsp3) is 0.364. The highest BCUT2D eigenvalue weighted by atomic mass is 35.5. The van der Waals surface area contributed by atoms with E-state index in [9.17, 15) is 13.6 Å². The Labute approximate surface area is 97.8 Å². The van der Waals surface area contributed by atoms with Gasteiger partial charge in [-0.3, -0.25) is 4.79 Å². The first kappa shape index (κ1) is 12.9. The lowest BCUT2D eigenvalue weighted by Gasteiger charge is -2.19. The van der Waals surface area contributed by atoms with Gasteiger partial charge in [0.05, 0.1) is 10.6 Å². The molecule has 1 aromatic rings. The summed E-state index contributed by atoms with van der Waals surface area (Å²) < 4.78 is 25.8. The molecule has 0 saturated carbocycles. The summed E-state index contributed by atoms with van der Waals surface area (Å²) >= 11 is 5.70. The van der Waals surface area contributed by atoms with Gasteiger partial charge in [0.1, 0.15) is 0 Å². The summed E-state index contributed by atoms with van der Waals surface area (Å²) in [5.41, 5.74) is -0.00994. The Hall–Kier alpha value is -1.16. The van der Waals surface area contributed by atoms with Crippen LogP contribution in [-0.4, -0.2) is 23.9 Å². The molecule has 1 amide bonds. The second-order valence-corrected chi connectivity index (χ2v) is 3.63. The molecule has 5 heteroatoms. The molecule has 0 unspecified atom stereocenters. The van der Waals surface area contributed by atoms with Crippen LogP contribution < -0.4 is 0 Å². The fourth-order valence-electron chi connectivity index (χ4n) is 1.37. The summed E-state index contributed by atoms with van der Waals surface area (Å²) in [6.45, 7) is 4.58. The van der Waals surface area contributed by atoms with E-state index >= 15 is 0 Å². The SMILES string of the molecule is CCN(CC)C(=O)c1cc(F)c(F)cc1Cl. The van der Waals surface area contributed by atoms with E-state index in [1.54, 1.807) is 13.8 Å². The molecule has 0 spiro atoms. The second-order valence-electron chi connectivity index (χ2n) is 3.22. The summed E-state index contributed by atoms with van der Waals surface area (Å²) in [4.78, 5) is 13.3. The Kier molecular flexibility index (Phi) is 4.24. The average Bonchev–Trinajstić information content (AvgIpc) is 2.25. The maximum absolute atomic E-state index is 13.0. The molecule has 0 N–H and O–H groups in total. The van der Waals surface area contributed by atoms with Crippen LogP contribution in [0.4, 0.5) is 8.78 Å². The number of hydrogen-bond acceptors (Lipinski definition) is 1. The molecular formula is C11H12ClF2NO. The molecule has 0 fully saturated rings. The molecule has 1 aromatic carbocycles. The molecule has 0 saturated heterocycles. The quantitative estimate of drug-likeness (QED) is 0.752. The van der Waals surface area contributed by atoms with Crippen molar-refractivity contribution in [3.05, 3.63) is 34.4 Å². The Morgan fingerprint density at radius 3 is 2.25 bits per heavy atom. The third kappa shape index (κ3) is 2.50. The van der Waals surface area contributed by atoms with Crippen LogP contribution in [0.2, 0.25) is 5.02 Å². The molecule has 2 nitrogen and oxygen atoms in total. The number of amides is 1. The standard InChI is InChI=1S/C11H12ClF2NO/c1-3-15(4-2)11(16)7-5-9(13)10(14)6-8(7)12/h5-6H,3-4H2,1-2H3. The Morgan fingerprint density at radius 1 is 1.25 bits per heavy atom. The van der Waals surface area contributed by atoms with Gasteiger partial charge in [0.15, 0.2) is 11.6 Å². The van der Waals surface area contributed by atoms with Gasteiger partial charge in [-0.05, 0) is 26.0 Å². The second kappa shape index (κ2) is 5.25. The lowest BCUT2D eigenvalue weighted by atomic mass is 10.2. The minimum Gasteiger partial charge on any atom is -0.339 e. The number of benzene rings is 1. The number of nitrogens with zero attached hydrogens (tertiary/aromatic N) is 1. The number of carbonyl (C=O) groups excluding carboxylic acids is 1. The van der Waals surface area contributed by atoms with Crippen molar-refractivity contribution in [1.82, 2.24) is 4.90 Å². The lowest BCUT2D eigenvalue weighted by molar-refractivity contribution is 0.0772. The minimum atomic E-state index is -1.07. The van der Waals surface area contributed by atoms with E-state index in [0.29, 0.717) is 13.1 Å². The van der Waals surface area contributed by atoms with Gasteiger partial charge in [0, 0.05) is 13.1 Å². The van der Waals surface area contributed by atoms with Gasteiger partial charge in [-0.15, -0.1) is 0 Å². The highest BCUT2D eigenvalue weighted by molar-refractivity contribution is 6.33. The van der Waals surface area contributed by atoms with Gasteiger partial charge in [0.2, 0.25) is 0 Å². The van der Waals surface area contributed by atoms with Crippen molar-refractivity contribution in [2.75, 3.05) is 13.1 Å². The lowest BCUT2D eigenvalue weighted by Crippen LogP contribution is -2.30. The van der Waals surface area contributed by atoms with Gasteiger partial charge >= 0.3 is 0 Å². The first-order valence-corrected chi connectivity index (χ1v) is 5.32. The summed E-state index contributed by atoms with van der Waals surface area (Å²) in [6, 6.07) is 1.64. The maximum Gasteiger partial charge on any atom is 0.255 e. The molecule has 0 bridgehead atoms. The normalized spacial score (nSPS) is 10.3. The molecule has 16 heavy (non-hydrogen) atoms. The van der Waals surface area contributed by atoms with E-state index in [4.69, 9.17) is 11.6 Å². The van der Waals surface area contributed by atoms with E-state index in [1.165, 1.54) is 4.90 Å². The number of carbonyl (C=O) groups is 1. The van der Waals surface area contributed by atoms with E-state index in [2.05, 4.69) is 0 Å². The Morgan fingerprint density at radius 2 is 1.75 bits per heavy atom. The zero-order valence-electron chi connectivity index (χ0n) is 9.06. The van der Waals surface area contributed by atoms with Gasteiger partial charge in [0.25, 0.3) is 5.91 Å². The van der Waals surface area contributed by atoms with Crippen molar-refractivity contribution >= 4 is 17.5 Å². The fourth-order valence-corrected chi connectivity index (χ4v) is 1.60. The highest BCUT2D eigenvalue weighted by Crippen LogP contribution is 2.21. The van der Waals surface area contributed by atoms with Crippen LogP contribution in [0, 0.1) is 11.6 Å². The van der Waals surface area contributed by atoms with Crippen LogP contribution in [0.1, 0.15) is 24.2 Å². The van der Waals surface area contributed by atoms with Crippen molar-refractivity contribution < 1.29 is 13.6 Å². The van der Waals surface area contributed by atoms with Crippen molar-refractivity contribution in [3.8, 4) is 0 Å². The summed E-state index contributed by atoms with van der Waals surface area (Å²) in [7, 11) is 0. The van der Waals surface area contributed by atoms with Gasteiger partial charge in [-0.25, -0.2) is 8.78 Å². The number of hydrogen-bond donors (Lipinski definition) is 0. The van der Waals surface area contributed by atoms with Gasteiger partial charge in [-0.2, -0.15) is 0 Å². The van der Waals surface area contributed by atoms with Crippen molar-refractivity contribution in [2.24, 2.45) is 0 Å². The third-order valence-corrected chi connectivity index (χ3v) is 2.60. The summed E-state index contributed by atoms with van der Waals surface area (Å²) in [6.07, 6.45) is 0. The molecule has 0 aliphatic carbocycles. The molecule has 0 atom stereocenters. The average molecular weight is 248 g/mol. The number of rotatable bonds is 3. The number of halogens is 3. The zero-order chi connectivity index (χ0) is 12.3. The zero-order valence-corrected chi connectivity index (χ0v) is 9.81. The third-order valence-electron chi connectivity index (χ3n) is 2.29.